The lowest BCUT2D eigenvalue weighted by molar-refractivity contribution is 0.649. The van der Waals surface area contributed by atoms with Gasteiger partial charge in [0.1, 0.15) is 6.07 Å². The highest BCUT2D eigenvalue weighted by atomic mass is 15.2. The smallest absolute Gasteiger partial charge is 0.100 e. The van der Waals surface area contributed by atoms with E-state index in [9.17, 15) is 15.8 Å². The van der Waals surface area contributed by atoms with E-state index in [4.69, 9.17) is 0 Å². The maximum atomic E-state index is 10.9. The Balaban J connectivity index is 1.27. The fraction of sp³-hybridized carbons (Fsp3) is 0.104. The standard InChI is InChI=1S/C48H33N5/c1-30-11-9-18-40(47(30)34-13-10-15-37(25-34)52-36-14-4-3-12-33(24-36)38-16-5-7-19-43(38)52)48-42(29-51)31(2)35(28-50)26-46(48)53-44-20-8-6-17-39(44)41-23-32(27-49)21-22-45(41)53/h3-26,30,33,47H,1-2H3. The van der Waals surface area contributed by atoms with Crippen LogP contribution in [-0.2, 0) is 0 Å². The second kappa shape index (κ2) is 12.6. The minimum absolute atomic E-state index is 0.0930. The lowest BCUT2D eigenvalue weighted by atomic mass is 9.74. The first-order valence-electron chi connectivity index (χ1n) is 17.9. The number of nitrogens with zero attached hydrogens (tertiary/aromatic N) is 5. The summed E-state index contributed by atoms with van der Waals surface area (Å²) < 4.78 is 2.17. The predicted octanol–water partition coefficient (Wildman–Crippen LogP) is 11.3. The Morgan fingerprint density at radius 2 is 1.53 bits per heavy atom. The molecule has 3 aliphatic rings. The molecule has 0 spiro atoms. The third-order valence-corrected chi connectivity index (χ3v) is 11.0. The summed E-state index contributed by atoms with van der Waals surface area (Å²) in [7, 11) is 0. The second-order valence-electron chi connectivity index (χ2n) is 13.9. The van der Waals surface area contributed by atoms with Crippen molar-refractivity contribution >= 4 is 38.8 Å². The van der Waals surface area contributed by atoms with E-state index < -0.39 is 0 Å². The van der Waals surface area contributed by atoms with Gasteiger partial charge in [0, 0.05) is 39.6 Å². The van der Waals surface area contributed by atoms with Crippen molar-refractivity contribution in [2.45, 2.75) is 25.7 Å². The molecule has 0 amide bonds. The molecule has 2 heterocycles. The first-order chi connectivity index (χ1) is 26.0. The first-order valence-corrected chi connectivity index (χ1v) is 17.9. The summed E-state index contributed by atoms with van der Waals surface area (Å²) in [6, 6.07) is 40.4. The largest absolute Gasteiger partial charge is 0.310 e. The van der Waals surface area contributed by atoms with Gasteiger partial charge in [0.25, 0.3) is 0 Å². The number of fused-ring (bicyclic) bond motifs is 6. The van der Waals surface area contributed by atoms with E-state index in [1.807, 2.05) is 43.3 Å². The van der Waals surface area contributed by atoms with Gasteiger partial charge in [0.15, 0.2) is 0 Å². The van der Waals surface area contributed by atoms with Gasteiger partial charge in [-0.25, -0.2) is 0 Å². The summed E-state index contributed by atoms with van der Waals surface area (Å²) in [6.45, 7) is 4.10. The zero-order valence-electron chi connectivity index (χ0n) is 29.3. The Bertz CT molecular complexity index is 2820. The molecule has 0 radical (unpaired) electrons. The van der Waals surface area contributed by atoms with Crippen LogP contribution in [0.1, 0.15) is 57.7 Å². The molecule has 0 saturated heterocycles. The van der Waals surface area contributed by atoms with Crippen LogP contribution in [0.25, 0.3) is 33.1 Å². The summed E-state index contributed by atoms with van der Waals surface area (Å²) >= 11 is 0. The summed E-state index contributed by atoms with van der Waals surface area (Å²) in [5, 5.41) is 33.0. The highest BCUT2D eigenvalue weighted by Gasteiger charge is 2.32. The monoisotopic (exact) mass is 679 g/mol. The first kappa shape index (κ1) is 31.8. The van der Waals surface area contributed by atoms with Crippen LogP contribution in [0.15, 0.2) is 151 Å². The van der Waals surface area contributed by atoms with Gasteiger partial charge in [-0.15, -0.1) is 0 Å². The van der Waals surface area contributed by atoms with Crippen LogP contribution < -0.4 is 4.90 Å². The molecule has 3 unspecified atom stereocenters. The summed E-state index contributed by atoms with van der Waals surface area (Å²) in [4.78, 5) is 2.34. The minimum Gasteiger partial charge on any atom is -0.310 e. The number of nitriles is 3. The summed E-state index contributed by atoms with van der Waals surface area (Å²) in [6.07, 6.45) is 17.4. The van der Waals surface area contributed by atoms with Gasteiger partial charge in [-0.1, -0.05) is 91.9 Å². The van der Waals surface area contributed by atoms with Crippen LogP contribution in [0, 0.1) is 46.8 Å². The number of benzene rings is 5. The molecular formula is C48H33N5. The molecule has 0 N–H and O–H groups in total. The molecule has 1 aliphatic heterocycles. The van der Waals surface area contributed by atoms with Gasteiger partial charge in [0.05, 0.1) is 51.2 Å². The molecule has 6 aromatic rings. The van der Waals surface area contributed by atoms with E-state index in [0.717, 1.165) is 55.6 Å². The number of hydrogen-bond donors (Lipinski definition) is 0. The molecule has 5 nitrogen and oxygen atoms in total. The Labute approximate surface area is 308 Å². The molecule has 2 bridgehead atoms. The van der Waals surface area contributed by atoms with E-state index in [0.29, 0.717) is 22.3 Å². The Kier molecular flexibility index (Phi) is 7.55. The maximum Gasteiger partial charge on any atom is 0.100 e. The SMILES string of the molecule is Cc1c(C#N)cc(-n2c3ccccc3c3cc(C#N)ccc32)c(C2=CC=CC(C)C2c2cccc(N3C4=CC(C=CC=C4)c4ccccc43)c2)c1C#N. The van der Waals surface area contributed by atoms with Crippen molar-refractivity contribution in [3.8, 4) is 23.9 Å². The lowest BCUT2D eigenvalue weighted by Gasteiger charge is -2.35. The number of allylic oxidation sites excluding steroid dienone is 9. The number of anilines is 2. The molecule has 53 heavy (non-hydrogen) atoms. The zero-order chi connectivity index (χ0) is 36.2. The molecule has 5 heteroatoms. The van der Waals surface area contributed by atoms with E-state index in [-0.39, 0.29) is 17.8 Å². The summed E-state index contributed by atoms with van der Waals surface area (Å²) in [5.41, 5.74) is 12.4. The van der Waals surface area contributed by atoms with Crippen molar-refractivity contribution < 1.29 is 0 Å². The van der Waals surface area contributed by atoms with Gasteiger partial charge in [-0.3, -0.25) is 0 Å². The summed E-state index contributed by atoms with van der Waals surface area (Å²) in [5.74, 6) is 0.226. The predicted molar refractivity (Wildman–Crippen MR) is 213 cm³/mol. The van der Waals surface area contributed by atoms with Gasteiger partial charge in [-0.2, -0.15) is 15.8 Å². The molecule has 2 aliphatic carbocycles. The normalized spacial score (nSPS) is 18.5. The average molecular weight is 680 g/mol. The van der Waals surface area contributed by atoms with Crippen molar-refractivity contribution in [2.24, 2.45) is 5.92 Å². The molecular weight excluding hydrogens is 647 g/mol. The molecule has 9 rings (SSSR count). The van der Waals surface area contributed by atoms with Gasteiger partial charge >= 0.3 is 0 Å². The van der Waals surface area contributed by atoms with E-state index in [1.165, 1.54) is 11.3 Å². The molecule has 0 fully saturated rings. The van der Waals surface area contributed by atoms with Gasteiger partial charge in [0.2, 0.25) is 0 Å². The van der Waals surface area contributed by atoms with Crippen LogP contribution in [0.5, 0.6) is 0 Å². The fourth-order valence-electron chi connectivity index (χ4n) is 8.58. The quantitative estimate of drug-likeness (QED) is 0.186. The molecule has 0 saturated carbocycles. The number of aromatic nitrogens is 1. The van der Waals surface area contributed by atoms with E-state index in [2.05, 4.69) is 144 Å². The Morgan fingerprint density at radius 3 is 2.38 bits per heavy atom. The van der Waals surface area contributed by atoms with Crippen LogP contribution >= 0.6 is 0 Å². The average Bonchev–Trinajstić information content (AvgIpc) is 3.37. The van der Waals surface area contributed by atoms with E-state index >= 15 is 0 Å². The van der Waals surface area contributed by atoms with Crippen LogP contribution in [0.3, 0.4) is 0 Å². The third-order valence-electron chi connectivity index (χ3n) is 11.0. The van der Waals surface area contributed by atoms with Crippen molar-refractivity contribution in [1.82, 2.24) is 4.57 Å². The minimum atomic E-state index is -0.0930. The van der Waals surface area contributed by atoms with Crippen molar-refractivity contribution in [2.75, 3.05) is 4.90 Å². The Hall–Kier alpha value is -7.13. The second-order valence-corrected chi connectivity index (χ2v) is 13.9. The highest BCUT2D eigenvalue weighted by Crippen LogP contribution is 2.49. The topological polar surface area (TPSA) is 79.5 Å². The molecule has 3 atom stereocenters. The van der Waals surface area contributed by atoms with Crippen molar-refractivity contribution in [1.29, 1.82) is 15.8 Å². The zero-order valence-corrected chi connectivity index (χ0v) is 29.3. The third kappa shape index (κ3) is 4.97. The maximum absolute atomic E-state index is 10.9. The molecule has 250 valence electrons. The van der Waals surface area contributed by atoms with Crippen molar-refractivity contribution in [3.05, 3.63) is 190 Å². The van der Waals surface area contributed by atoms with Crippen LogP contribution in [-0.4, -0.2) is 4.57 Å². The molecule has 5 aromatic carbocycles. The van der Waals surface area contributed by atoms with Crippen molar-refractivity contribution in [3.63, 3.8) is 0 Å². The van der Waals surface area contributed by atoms with Gasteiger partial charge < -0.3 is 9.47 Å². The number of para-hydroxylation sites is 2. The van der Waals surface area contributed by atoms with Crippen LogP contribution in [0.2, 0.25) is 0 Å². The fourth-order valence-corrected chi connectivity index (χ4v) is 8.58. The lowest BCUT2D eigenvalue weighted by Crippen LogP contribution is -2.22. The Morgan fingerprint density at radius 1 is 0.698 bits per heavy atom. The highest BCUT2D eigenvalue weighted by molar-refractivity contribution is 6.10. The van der Waals surface area contributed by atoms with E-state index in [1.54, 1.807) is 0 Å². The number of hydrogen-bond acceptors (Lipinski definition) is 4. The molecule has 1 aromatic heterocycles. The number of rotatable bonds is 4. The van der Waals surface area contributed by atoms with Gasteiger partial charge in [-0.05, 0) is 95.8 Å². The van der Waals surface area contributed by atoms with Crippen LogP contribution in [0.4, 0.5) is 11.4 Å².